The van der Waals surface area contributed by atoms with Gasteiger partial charge in [-0.2, -0.15) is 0 Å². The van der Waals surface area contributed by atoms with E-state index < -0.39 is 11.9 Å². The van der Waals surface area contributed by atoms with Gasteiger partial charge >= 0.3 is 11.9 Å². The summed E-state index contributed by atoms with van der Waals surface area (Å²) in [5.74, 6) is -0.300. The van der Waals surface area contributed by atoms with E-state index in [2.05, 4.69) is 196 Å². The van der Waals surface area contributed by atoms with E-state index in [1.165, 1.54) is 27.8 Å². The summed E-state index contributed by atoms with van der Waals surface area (Å²) < 4.78 is 14.1. The van der Waals surface area contributed by atoms with E-state index in [0.29, 0.717) is 17.0 Å². The van der Waals surface area contributed by atoms with Crippen LogP contribution in [0.3, 0.4) is 0 Å². The van der Waals surface area contributed by atoms with E-state index in [1.54, 1.807) is 0 Å². The number of anilines is 6. The highest BCUT2D eigenvalue weighted by Crippen LogP contribution is 2.45. The molecule has 0 spiro atoms. The number of carbonyl (C=O) groups excluding carboxylic acids is 2. The van der Waals surface area contributed by atoms with Crippen molar-refractivity contribution in [1.82, 2.24) is 14.5 Å². The van der Waals surface area contributed by atoms with Crippen LogP contribution in [0.1, 0.15) is 31.8 Å². The van der Waals surface area contributed by atoms with E-state index in [-0.39, 0.29) is 19.9 Å². The van der Waals surface area contributed by atoms with E-state index in [1.807, 2.05) is 146 Å². The van der Waals surface area contributed by atoms with Crippen LogP contribution in [0.25, 0.3) is 83.6 Å². The molecule has 0 bridgehead atoms. The minimum absolute atomic E-state index is 0.0521. The maximum atomic E-state index is 14.0. The van der Waals surface area contributed by atoms with E-state index >= 15 is 0 Å². The van der Waals surface area contributed by atoms with Crippen LogP contribution in [-0.4, -0.2) is 33.2 Å². The Kier molecular flexibility index (Phi) is 14.6. The first-order valence-corrected chi connectivity index (χ1v) is 32.3. The Morgan fingerprint density at radius 2 is 0.760 bits per heavy atom. The molecule has 13 aromatic carbocycles. The second-order valence-electron chi connectivity index (χ2n) is 24.2. The minimum atomic E-state index is -0.457. The molecule has 15 aromatic rings. The zero-order valence-corrected chi connectivity index (χ0v) is 52.0. The maximum Gasteiger partial charge on any atom is 0.338 e. The smallest absolute Gasteiger partial charge is 0.338 e. The molecule has 0 amide bonds. The molecule has 96 heavy (non-hydrogen) atoms. The Labute approximate surface area is 556 Å². The molecule has 0 aliphatic carbocycles. The molecular formula is C86H58BN5O4. The number of hydrogen-bond acceptors (Lipinski definition) is 8. The highest BCUT2D eigenvalue weighted by Gasteiger charge is 2.43. The number of ether oxygens (including phenoxy) is 2. The Hall–Kier alpha value is -12.7. The molecule has 2 aromatic heterocycles. The van der Waals surface area contributed by atoms with Crippen LogP contribution in [0.5, 0.6) is 0 Å². The second kappa shape index (κ2) is 24.4. The molecule has 0 saturated carbocycles. The Bertz CT molecular complexity index is 5290. The van der Waals surface area contributed by atoms with Gasteiger partial charge < -0.3 is 23.8 Å². The van der Waals surface area contributed by atoms with Crippen LogP contribution < -0.4 is 26.2 Å². The van der Waals surface area contributed by atoms with Gasteiger partial charge in [0.15, 0.2) is 5.82 Å². The second-order valence-corrected chi connectivity index (χ2v) is 24.2. The van der Waals surface area contributed by atoms with Crippen LogP contribution in [-0.2, 0) is 22.7 Å². The van der Waals surface area contributed by atoms with Gasteiger partial charge in [0.25, 0.3) is 6.71 Å². The minimum Gasteiger partial charge on any atom is -0.457 e. The third-order valence-electron chi connectivity index (χ3n) is 18.5. The van der Waals surface area contributed by atoms with Crippen molar-refractivity contribution < 1.29 is 19.1 Å². The van der Waals surface area contributed by atoms with Crippen molar-refractivity contribution >= 4 is 91.0 Å². The van der Waals surface area contributed by atoms with Crippen LogP contribution in [0.2, 0.25) is 0 Å². The van der Waals surface area contributed by atoms with E-state index in [4.69, 9.17) is 19.4 Å². The number of carbonyl (C=O) groups is 2. The van der Waals surface area contributed by atoms with Crippen molar-refractivity contribution in [3.05, 3.63) is 350 Å². The zero-order valence-electron chi connectivity index (χ0n) is 52.0. The quantitative estimate of drug-likeness (QED) is 0.0786. The predicted molar refractivity (Wildman–Crippen MR) is 389 cm³/mol. The van der Waals surface area contributed by atoms with Gasteiger partial charge in [-0.15, -0.1) is 0 Å². The molecule has 454 valence electrons. The third-order valence-corrected chi connectivity index (χ3v) is 18.5. The number of esters is 2. The first-order valence-electron chi connectivity index (χ1n) is 32.3. The van der Waals surface area contributed by atoms with Gasteiger partial charge in [0.05, 0.1) is 39.2 Å². The average Bonchev–Trinajstić information content (AvgIpc) is 0.814. The summed E-state index contributed by atoms with van der Waals surface area (Å²) >= 11 is 0. The summed E-state index contributed by atoms with van der Waals surface area (Å²) in [5.41, 5.74) is 24.1. The number of nitrogens with zero attached hydrogens (tertiary/aromatic N) is 5. The Balaban J connectivity index is 0.784. The van der Waals surface area contributed by atoms with Gasteiger partial charge in [0.1, 0.15) is 13.2 Å². The zero-order chi connectivity index (χ0) is 64.1. The standard InChI is InChI=1S/C86H58BN5O4/c93-85(95-55-57-21-6-1-7-22-57)65-44-49-77-70(52-65)71-53-66(86(94)96-56-58-23-8-2-9-24-58)45-50-78(71)92(77)76-48-43-64(75-54-74(62-25-10-3-11-26-62)88-84(89-75)63-27-12-4-13-28-63)51-69(76)61-39-37-59(38-40-61)60-41-46-68(47-42-60)91-80-34-19-17-32-73(80)87-72-31-16-18-33-79(72)90(67-29-14-5-15-30-67)81-35-20-36-82(91)83(81)87/h1-54H,55-56H2. The molecule has 17 rings (SSSR count). The molecule has 0 unspecified atom stereocenters. The Morgan fingerprint density at radius 1 is 0.333 bits per heavy atom. The highest BCUT2D eigenvalue weighted by atomic mass is 16.5. The lowest BCUT2D eigenvalue weighted by Crippen LogP contribution is -2.61. The monoisotopic (exact) mass is 1240 g/mol. The van der Waals surface area contributed by atoms with Crippen molar-refractivity contribution in [2.45, 2.75) is 13.2 Å². The molecule has 4 heterocycles. The average molecular weight is 1240 g/mol. The van der Waals surface area contributed by atoms with Crippen LogP contribution >= 0.6 is 0 Å². The number of hydrogen-bond donors (Lipinski definition) is 0. The fourth-order valence-corrected chi connectivity index (χ4v) is 14.0. The van der Waals surface area contributed by atoms with Crippen LogP contribution in [0, 0.1) is 0 Å². The van der Waals surface area contributed by atoms with Gasteiger partial charge in [-0.05, 0) is 147 Å². The molecule has 2 aliphatic heterocycles. The number of fused-ring (bicyclic) bond motifs is 7. The fraction of sp³-hybridized carbons (Fsp3) is 0.0233. The topological polar surface area (TPSA) is 89.8 Å². The van der Waals surface area contributed by atoms with Gasteiger partial charge in [-0.1, -0.05) is 224 Å². The molecule has 0 atom stereocenters. The Morgan fingerprint density at radius 3 is 1.30 bits per heavy atom. The summed E-state index contributed by atoms with van der Waals surface area (Å²) in [6.45, 7) is 0.297. The van der Waals surface area contributed by atoms with E-state index in [0.717, 1.165) is 112 Å². The molecule has 0 saturated heterocycles. The highest BCUT2D eigenvalue weighted by molar-refractivity contribution is 7.00. The number of benzene rings is 13. The summed E-state index contributed by atoms with van der Waals surface area (Å²) in [6.07, 6.45) is 0. The number of rotatable bonds is 14. The van der Waals surface area contributed by atoms with Gasteiger partial charge in [-0.3, -0.25) is 0 Å². The molecule has 9 nitrogen and oxygen atoms in total. The van der Waals surface area contributed by atoms with Crippen molar-refractivity contribution in [2.24, 2.45) is 0 Å². The number of para-hydroxylation sites is 3. The molecular weight excluding hydrogens is 1180 g/mol. The predicted octanol–water partition coefficient (Wildman–Crippen LogP) is 18.7. The van der Waals surface area contributed by atoms with E-state index in [9.17, 15) is 9.59 Å². The van der Waals surface area contributed by atoms with Gasteiger partial charge in [0, 0.05) is 67.2 Å². The third kappa shape index (κ3) is 10.4. The first kappa shape index (κ1) is 57.3. The largest absolute Gasteiger partial charge is 0.457 e. The van der Waals surface area contributed by atoms with Crippen LogP contribution in [0.15, 0.2) is 328 Å². The normalized spacial score (nSPS) is 12.1. The summed E-state index contributed by atoms with van der Waals surface area (Å²) in [4.78, 5) is 43.3. The van der Waals surface area contributed by atoms with Crippen LogP contribution in [0.4, 0.5) is 34.1 Å². The van der Waals surface area contributed by atoms with Crippen molar-refractivity contribution in [3.8, 4) is 61.8 Å². The molecule has 10 heteroatoms. The van der Waals surface area contributed by atoms with Gasteiger partial charge in [-0.25, -0.2) is 19.6 Å². The lowest BCUT2D eigenvalue weighted by atomic mass is 9.33. The molecule has 0 radical (unpaired) electrons. The first-order chi connectivity index (χ1) is 47.4. The SMILES string of the molecule is O=C(OCc1ccccc1)c1ccc2c(c1)c1cc(C(=O)OCc3ccccc3)ccc1n2-c1ccc(-c2cc(-c3ccccc3)nc(-c3ccccc3)n2)cc1-c1ccc(-c2ccc(N3c4ccccc4B4c5ccccc5N(c5ccccc5)c5cccc3c54)cc2)cc1. The summed E-state index contributed by atoms with van der Waals surface area (Å²) in [5, 5.41) is 1.53. The molecule has 0 N–H and O–H groups in total. The van der Waals surface area contributed by atoms with Gasteiger partial charge in [0.2, 0.25) is 0 Å². The molecule has 2 aliphatic rings. The lowest BCUT2D eigenvalue weighted by Gasteiger charge is -2.44. The number of aromatic nitrogens is 3. The van der Waals surface area contributed by atoms with Crippen molar-refractivity contribution in [1.29, 1.82) is 0 Å². The summed E-state index contributed by atoms with van der Waals surface area (Å²) in [6, 6.07) is 112. The summed E-state index contributed by atoms with van der Waals surface area (Å²) in [7, 11) is 0. The fourth-order valence-electron chi connectivity index (χ4n) is 14.0. The van der Waals surface area contributed by atoms with Crippen molar-refractivity contribution in [3.63, 3.8) is 0 Å². The maximum absolute atomic E-state index is 14.0. The lowest BCUT2D eigenvalue weighted by molar-refractivity contribution is 0.0464. The molecule has 0 fully saturated rings. The van der Waals surface area contributed by atoms with Crippen molar-refractivity contribution in [2.75, 3.05) is 9.80 Å².